The summed E-state index contributed by atoms with van der Waals surface area (Å²) >= 11 is 7.34. The van der Waals surface area contributed by atoms with Gasteiger partial charge < -0.3 is 9.73 Å². The van der Waals surface area contributed by atoms with Gasteiger partial charge in [0.15, 0.2) is 11.0 Å². The van der Waals surface area contributed by atoms with Gasteiger partial charge in [-0.25, -0.2) is 0 Å². The van der Waals surface area contributed by atoms with Gasteiger partial charge in [0.05, 0.1) is 35.6 Å². The average molecular weight is 457 g/mol. The molecule has 0 fully saturated rings. The van der Waals surface area contributed by atoms with E-state index in [0.29, 0.717) is 22.5 Å². The van der Waals surface area contributed by atoms with Gasteiger partial charge in [-0.3, -0.25) is 14.0 Å². The van der Waals surface area contributed by atoms with E-state index in [-0.39, 0.29) is 11.7 Å². The molecule has 0 unspecified atom stereocenters. The van der Waals surface area contributed by atoms with Gasteiger partial charge in [-0.1, -0.05) is 23.4 Å². The molecule has 0 aliphatic rings. The fraction of sp³-hybridized carbons (Fsp3) is 0.238. The molecular weight excluding hydrogens is 436 g/mol. The molecule has 0 aliphatic carbocycles. The Morgan fingerprint density at radius 2 is 1.97 bits per heavy atom. The summed E-state index contributed by atoms with van der Waals surface area (Å²) < 4.78 is 9.19. The van der Waals surface area contributed by atoms with Crippen LogP contribution in [0.4, 0.5) is 5.69 Å². The van der Waals surface area contributed by atoms with Crippen molar-refractivity contribution < 1.29 is 9.21 Å². The molecule has 10 heteroatoms. The number of nitrogens with one attached hydrogen (secondary N) is 1. The smallest absolute Gasteiger partial charge is 0.234 e. The van der Waals surface area contributed by atoms with E-state index < -0.39 is 0 Å². The standard InChI is InChI=1S/C21H21ClN6O2S/c1-13-19(14(2)27(3)26-13)23-18(29)12-31-21-25-24-20(15-6-8-16(22)9-7-15)28(21)11-17-5-4-10-30-17/h4-10H,11-12H2,1-3H3,(H,23,29). The van der Waals surface area contributed by atoms with Gasteiger partial charge in [0.2, 0.25) is 5.91 Å². The first-order valence-electron chi connectivity index (χ1n) is 9.56. The highest BCUT2D eigenvalue weighted by Gasteiger charge is 2.18. The quantitative estimate of drug-likeness (QED) is 0.416. The summed E-state index contributed by atoms with van der Waals surface area (Å²) in [5.41, 5.74) is 3.31. The molecule has 0 saturated carbocycles. The molecular formula is C21H21ClN6O2S. The fourth-order valence-corrected chi connectivity index (χ4v) is 4.03. The summed E-state index contributed by atoms with van der Waals surface area (Å²) in [5.74, 6) is 1.49. The lowest BCUT2D eigenvalue weighted by Crippen LogP contribution is -2.16. The summed E-state index contributed by atoms with van der Waals surface area (Å²) in [5, 5.41) is 17.2. The molecule has 160 valence electrons. The Morgan fingerprint density at radius 3 is 2.61 bits per heavy atom. The number of aromatic nitrogens is 5. The molecule has 0 saturated heterocycles. The molecule has 1 amide bonds. The second-order valence-electron chi connectivity index (χ2n) is 6.98. The van der Waals surface area contributed by atoms with Gasteiger partial charge in [-0.2, -0.15) is 5.10 Å². The van der Waals surface area contributed by atoms with E-state index in [2.05, 4.69) is 20.6 Å². The monoisotopic (exact) mass is 456 g/mol. The molecule has 4 rings (SSSR count). The highest BCUT2D eigenvalue weighted by Crippen LogP contribution is 2.27. The first-order chi connectivity index (χ1) is 14.9. The lowest BCUT2D eigenvalue weighted by Gasteiger charge is -2.09. The number of hydrogen-bond donors (Lipinski definition) is 1. The minimum atomic E-state index is -0.134. The number of furan rings is 1. The zero-order chi connectivity index (χ0) is 22.0. The molecule has 0 radical (unpaired) electrons. The molecule has 0 bridgehead atoms. The number of hydrogen-bond acceptors (Lipinski definition) is 6. The summed E-state index contributed by atoms with van der Waals surface area (Å²) in [7, 11) is 1.85. The number of benzene rings is 1. The van der Waals surface area contributed by atoms with Crippen LogP contribution in [0.3, 0.4) is 0 Å². The van der Waals surface area contributed by atoms with Crippen LogP contribution in [0.2, 0.25) is 5.02 Å². The van der Waals surface area contributed by atoms with Crippen molar-refractivity contribution in [3.8, 4) is 11.4 Å². The first-order valence-corrected chi connectivity index (χ1v) is 10.9. The average Bonchev–Trinajstić information content (AvgIpc) is 3.45. The minimum Gasteiger partial charge on any atom is -0.467 e. The van der Waals surface area contributed by atoms with E-state index in [0.717, 1.165) is 28.4 Å². The van der Waals surface area contributed by atoms with E-state index in [9.17, 15) is 4.79 Å². The number of thioether (sulfide) groups is 1. The van der Waals surface area contributed by atoms with Gasteiger partial charge in [-0.05, 0) is 50.2 Å². The van der Waals surface area contributed by atoms with Gasteiger partial charge in [0.25, 0.3) is 0 Å². The van der Waals surface area contributed by atoms with E-state index in [1.54, 1.807) is 10.9 Å². The van der Waals surface area contributed by atoms with Crippen LogP contribution in [0.15, 0.2) is 52.2 Å². The van der Waals surface area contributed by atoms with E-state index >= 15 is 0 Å². The second kappa shape index (κ2) is 8.99. The van der Waals surface area contributed by atoms with Crippen LogP contribution >= 0.6 is 23.4 Å². The van der Waals surface area contributed by atoms with Crippen molar-refractivity contribution in [2.75, 3.05) is 11.1 Å². The van der Waals surface area contributed by atoms with Gasteiger partial charge in [0.1, 0.15) is 5.76 Å². The third-order valence-electron chi connectivity index (χ3n) is 4.82. The molecule has 4 aromatic rings. The Morgan fingerprint density at radius 1 is 1.19 bits per heavy atom. The number of anilines is 1. The van der Waals surface area contributed by atoms with E-state index in [4.69, 9.17) is 16.0 Å². The Balaban J connectivity index is 1.54. The number of carbonyl (C=O) groups is 1. The van der Waals surface area contributed by atoms with Crippen molar-refractivity contribution in [3.05, 3.63) is 64.8 Å². The van der Waals surface area contributed by atoms with Crippen molar-refractivity contribution in [1.82, 2.24) is 24.5 Å². The molecule has 0 atom stereocenters. The van der Waals surface area contributed by atoms with Crippen LogP contribution in [-0.4, -0.2) is 36.2 Å². The molecule has 8 nitrogen and oxygen atoms in total. The Kier molecular flexibility index (Phi) is 6.15. The van der Waals surface area contributed by atoms with Crippen LogP contribution in [0, 0.1) is 13.8 Å². The second-order valence-corrected chi connectivity index (χ2v) is 8.36. The molecule has 1 aromatic carbocycles. The highest BCUT2D eigenvalue weighted by atomic mass is 35.5. The maximum absolute atomic E-state index is 12.6. The van der Waals surface area contributed by atoms with Crippen LogP contribution in [-0.2, 0) is 18.4 Å². The van der Waals surface area contributed by atoms with Gasteiger partial charge in [0, 0.05) is 17.6 Å². The molecule has 31 heavy (non-hydrogen) atoms. The maximum atomic E-state index is 12.6. The van der Waals surface area contributed by atoms with Crippen molar-refractivity contribution in [2.24, 2.45) is 7.05 Å². The van der Waals surface area contributed by atoms with Crippen molar-refractivity contribution in [2.45, 2.75) is 25.5 Å². The Labute approximate surface area is 188 Å². The number of amides is 1. The lowest BCUT2D eigenvalue weighted by molar-refractivity contribution is -0.113. The largest absolute Gasteiger partial charge is 0.467 e. The van der Waals surface area contributed by atoms with Gasteiger partial charge >= 0.3 is 0 Å². The first kappa shape index (κ1) is 21.2. The molecule has 1 N–H and O–H groups in total. The predicted octanol–water partition coefficient (Wildman–Crippen LogP) is 4.32. The van der Waals surface area contributed by atoms with E-state index in [1.165, 1.54) is 11.8 Å². The topological polar surface area (TPSA) is 90.8 Å². The summed E-state index contributed by atoms with van der Waals surface area (Å²) in [6.07, 6.45) is 1.63. The van der Waals surface area contributed by atoms with Crippen LogP contribution in [0.25, 0.3) is 11.4 Å². The van der Waals surface area contributed by atoms with Gasteiger partial charge in [-0.15, -0.1) is 10.2 Å². The fourth-order valence-electron chi connectivity index (χ4n) is 3.17. The third kappa shape index (κ3) is 4.67. The zero-order valence-electron chi connectivity index (χ0n) is 17.3. The van der Waals surface area contributed by atoms with Crippen LogP contribution in [0.1, 0.15) is 17.1 Å². The number of halogens is 1. The normalized spacial score (nSPS) is 11.1. The Hall–Kier alpha value is -3.04. The molecule has 0 aliphatic heterocycles. The van der Waals surface area contributed by atoms with Crippen molar-refractivity contribution in [1.29, 1.82) is 0 Å². The molecule has 3 heterocycles. The summed E-state index contributed by atoms with van der Waals surface area (Å²) in [6.45, 7) is 4.23. The Bertz CT molecular complexity index is 1200. The van der Waals surface area contributed by atoms with E-state index in [1.807, 2.05) is 61.9 Å². The molecule has 3 aromatic heterocycles. The van der Waals surface area contributed by atoms with Crippen LogP contribution < -0.4 is 5.32 Å². The number of rotatable bonds is 7. The maximum Gasteiger partial charge on any atom is 0.234 e. The number of aryl methyl sites for hydroxylation is 2. The van der Waals surface area contributed by atoms with Crippen molar-refractivity contribution >= 4 is 35.0 Å². The summed E-state index contributed by atoms with van der Waals surface area (Å²) in [4.78, 5) is 12.6. The third-order valence-corrected chi connectivity index (χ3v) is 6.04. The predicted molar refractivity (Wildman–Crippen MR) is 120 cm³/mol. The molecule has 0 spiro atoms. The lowest BCUT2D eigenvalue weighted by atomic mass is 10.2. The number of nitrogens with zero attached hydrogens (tertiary/aromatic N) is 5. The highest BCUT2D eigenvalue weighted by molar-refractivity contribution is 7.99. The van der Waals surface area contributed by atoms with Crippen molar-refractivity contribution in [3.63, 3.8) is 0 Å². The summed E-state index contributed by atoms with van der Waals surface area (Å²) in [6, 6.07) is 11.1. The zero-order valence-corrected chi connectivity index (χ0v) is 18.9. The SMILES string of the molecule is Cc1nn(C)c(C)c1NC(=O)CSc1nnc(-c2ccc(Cl)cc2)n1Cc1ccco1. The van der Waals surface area contributed by atoms with Crippen LogP contribution in [0.5, 0.6) is 0 Å². The number of carbonyl (C=O) groups excluding carboxylic acids is 1. The minimum absolute atomic E-state index is 0.134.